The molecule has 0 bridgehead atoms. The van der Waals surface area contributed by atoms with Crippen LogP contribution in [0.25, 0.3) is 15.9 Å². The molecule has 1 atom stereocenters. The third kappa shape index (κ3) is 3.64. The van der Waals surface area contributed by atoms with Gasteiger partial charge in [-0.05, 0) is 48.3 Å². The summed E-state index contributed by atoms with van der Waals surface area (Å²) in [6.45, 7) is 5.92. The van der Waals surface area contributed by atoms with Crippen molar-refractivity contribution in [3.05, 3.63) is 51.7 Å². The van der Waals surface area contributed by atoms with Crippen LogP contribution >= 0.6 is 23.1 Å². The lowest BCUT2D eigenvalue weighted by molar-refractivity contribution is -0.129. The lowest BCUT2D eigenvalue weighted by atomic mass is 9.89. The third-order valence-corrected chi connectivity index (χ3v) is 9.03. The molecule has 0 fully saturated rings. The summed E-state index contributed by atoms with van der Waals surface area (Å²) in [5.41, 5.74) is 4.94. The van der Waals surface area contributed by atoms with Crippen LogP contribution in [0.5, 0.6) is 0 Å². The molecule has 2 aliphatic rings. The van der Waals surface area contributed by atoms with Gasteiger partial charge in [0.1, 0.15) is 10.7 Å². The summed E-state index contributed by atoms with van der Waals surface area (Å²) in [6.07, 6.45) is 5.15. The van der Waals surface area contributed by atoms with Crippen molar-refractivity contribution in [1.82, 2.24) is 24.5 Å². The molecule has 1 amide bonds. The van der Waals surface area contributed by atoms with E-state index in [2.05, 4.69) is 46.6 Å². The van der Waals surface area contributed by atoms with Crippen LogP contribution in [0.1, 0.15) is 47.7 Å². The van der Waals surface area contributed by atoms with Gasteiger partial charge in [0.05, 0.1) is 11.1 Å². The highest BCUT2D eigenvalue weighted by Gasteiger charge is 2.26. The molecule has 1 aromatic carbocycles. The number of nitrogens with zero attached hydrogens (tertiary/aromatic N) is 5. The molecule has 0 unspecified atom stereocenters. The maximum absolute atomic E-state index is 13.0. The zero-order valence-electron chi connectivity index (χ0n) is 19.0. The molecule has 1 aliphatic carbocycles. The molecule has 8 heteroatoms. The Labute approximate surface area is 201 Å². The maximum Gasteiger partial charge on any atom is 0.233 e. The molecule has 6 nitrogen and oxygen atoms in total. The number of aromatic nitrogens is 4. The van der Waals surface area contributed by atoms with Gasteiger partial charge in [-0.1, -0.05) is 49.9 Å². The van der Waals surface area contributed by atoms with Crippen LogP contribution in [-0.4, -0.2) is 42.7 Å². The van der Waals surface area contributed by atoms with Gasteiger partial charge in [-0.25, -0.2) is 4.98 Å². The molecule has 0 radical (unpaired) electrons. The van der Waals surface area contributed by atoms with Crippen molar-refractivity contribution in [2.45, 2.75) is 57.7 Å². The molecular weight excluding hydrogens is 450 g/mol. The largest absolute Gasteiger partial charge is 0.337 e. The second-order valence-corrected chi connectivity index (χ2v) is 11.2. The third-order valence-electron chi connectivity index (χ3n) is 6.96. The van der Waals surface area contributed by atoms with Crippen LogP contribution in [0.3, 0.4) is 0 Å². The lowest BCUT2D eigenvalue weighted by Crippen LogP contribution is -2.37. The summed E-state index contributed by atoms with van der Waals surface area (Å²) in [5.74, 6) is 2.21. The minimum Gasteiger partial charge on any atom is -0.337 e. The SMILES string of the molecule is CCc1nc2sc3c(c2c2nnc(SCC(=O)N4CCc5ccccc5C4)n12)CC[C@@H](C)C3. The van der Waals surface area contributed by atoms with Gasteiger partial charge in [0.25, 0.3) is 0 Å². The van der Waals surface area contributed by atoms with E-state index in [1.54, 1.807) is 0 Å². The van der Waals surface area contributed by atoms with Gasteiger partial charge < -0.3 is 4.90 Å². The summed E-state index contributed by atoms with van der Waals surface area (Å²) in [6, 6.07) is 8.41. The van der Waals surface area contributed by atoms with Crippen LogP contribution < -0.4 is 0 Å². The Morgan fingerprint density at radius 3 is 2.91 bits per heavy atom. The second kappa shape index (κ2) is 8.40. The van der Waals surface area contributed by atoms with E-state index in [0.29, 0.717) is 12.3 Å². The van der Waals surface area contributed by atoms with Gasteiger partial charge in [-0.15, -0.1) is 21.5 Å². The van der Waals surface area contributed by atoms with Crippen molar-refractivity contribution >= 4 is 44.9 Å². The Bertz CT molecular complexity index is 1370. The molecule has 0 saturated heterocycles. The number of aryl methyl sites for hydroxylation is 2. The van der Waals surface area contributed by atoms with Crippen LogP contribution in [0.2, 0.25) is 0 Å². The molecule has 170 valence electrons. The Balaban J connectivity index is 1.29. The molecular formula is C25H27N5OS2. The van der Waals surface area contributed by atoms with E-state index < -0.39 is 0 Å². The average molecular weight is 478 g/mol. The Kier molecular flexibility index (Phi) is 5.37. The zero-order valence-corrected chi connectivity index (χ0v) is 20.6. The monoisotopic (exact) mass is 477 g/mol. The summed E-state index contributed by atoms with van der Waals surface area (Å²) in [4.78, 5) is 22.6. The molecule has 3 aromatic heterocycles. The number of carbonyl (C=O) groups excluding carboxylic acids is 1. The first kappa shape index (κ1) is 21.1. The van der Waals surface area contributed by atoms with Crippen molar-refractivity contribution in [3.8, 4) is 0 Å². The van der Waals surface area contributed by atoms with Crippen LogP contribution in [0, 0.1) is 5.92 Å². The Hall–Kier alpha value is -2.45. The molecule has 4 aromatic rings. The first-order valence-corrected chi connectivity index (χ1v) is 13.6. The molecule has 33 heavy (non-hydrogen) atoms. The van der Waals surface area contributed by atoms with Crippen molar-refractivity contribution in [2.75, 3.05) is 12.3 Å². The molecule has 0 N–H and O–H groups in total. The first-order valence-electron chi connectivity index (χ1n) is 11.8. The van der Waals surface area contributed by atoms with Gasteiger partial charge >= 0.3 is 0 Å². The molecule has 0 saturated carbocycles. The number of thiophene rings is 1. The van der Waals surface area contributed by atoms with Crippen LogP contribution in [0.4, 0.5) is 0 Å². The number of amides is 1. The molecule has 0 spiro atoms. The van der Waals surface area contributed by atoms with Gasteiger partial charge in [0.15, 0.2) is 10.8 Å². The van der Waals surface area contributed by atoms with Gasteiger partial charge in [0, 0.05) is 24.4 Å². The van der Waals surface area contributed by atoms with E-state index in [-0.39, 0.29) is 5.91 Å². The van der Waals surface area contributed by atoms with Crippen molar-refractivity contribution in [1.29, 1.82) is 0 Å². The number of thioether (sulfide) groups is 1. The minimum atomic E-state index is 0.153. The fraction of sp³-hybridized carbons (Fsp3) is 0.440. The highest BCUT2D eigenvalue weighted by Crippen LogP contribution is 2.39. The zero-order chi connectivity index (χ0) is 22.5. The number of carbonyl (C=O) groups is 1. The number of benzene rings is 1. The van der Waals surface area contributed by atoms with Crippen molar-refractivity contribution in [3.63, 3.8) is 0 Å². The second-order valence-electron chi connectivity index (χ2n) is 9.18. The van der Waals surface area contributed by atoms with E-state index in [0.717, 1.165) is 59.6 Å². The Morgan fingerprint density at radius 1 is 1.21 bits per heavy atom. The van der Waals surface area contributed by atoms with E-state index in [4.69, 9.17) is 4.98 Å². The quantitative estimate of drug-likeness (QED) is 0.399. The average Bonchev–Trinajstić information content (AvgIpc) is 3.42. The van der Waals surface area contributed by atoms with E-state index >= 15 is 0 Å². The van der Waals surface area contributed by atoms with Crippen molar-refractivity contribution < 1.29 is 4.79 Å². The lowest BCUT2D eigenvalue weighted by Gasteiger charge is -2.28. The highest BCUT2D eigenvalue weighted by molar-refractivity contribution is 7.99. The van der Waals surface area contributed by atoms with Crippen LogP contribution in [-0.2, 0) is 37.0 Å². The molecule has 6 rings (SSSR count). The summed E-state index contributed by atoms with van der Waals surface area (Å²) < 4.78 is 2.09. The topological polar surface area (TPSA) is 63.4 Å². The van der Waals surface area contributed by atoms with Crippen molar-refractivity contribution in [2.24, 2.45) is 5.92 Å². The number of fused-ring (bicyclic) bond motifs is 6. The smallest absolute Gasteiger partial charge is 0.233 e. The van der Waals surface area contributed by atoms with Crippen LogP contribution in [0.15, 0.2) is 29.4 Å². The predicted molar refractivity (Wildman–Crippen MR) is 133 cm³/mol. The fourth-order valence-corrected chi connectivity index (χ4v) is 7.39. The number of hydrogen-bond donors (Lipinski definition) is 0. The van der Waals surface area contributed by atoms with Gasteiger partial charge in [-0.3, -0.25) is 9.20 Å². The maximum atomic E-state index is 13.0. The molecule has 4 heterocycles. The van der Waals surface area contributed by atoms with E-state index in [9.17, 15) is 4.79 Å². The predicted octanol–water partition coefficient (Wildman–Crippen LogP) is 4.70. The van der Waals surface area contributed by atoms with E-state index in [1.165, 1.54) is 45.1 Å². The normalized spacial score (nSPS) is 18.0. The number of rotatable bonds is 4. The molecule has 1 aliphatic heterocycles. The Morgan fingerprint density at radius 2 is 2.06 bits per heavy atom. The summed E-state index contributed by atoms with van der Waals surface area (Å²) in [5, 5.41) is 11.1. The first-order chi connectivity index (χ1) is 16.1. The van der Waals surface area contributed by atoms with Gasteiger partial charge in [0.2, 0.25) is 5.91 Å². The summed E-state index contributed by atoms with van der Waals surface area (Å²) >= 11 is 3.31. The highest BCUT2D eigenvalue weighted by atomic mass is 32.2. The van der Waals surface area contributed by atoms with Gasteiger partial charge in [-0.2, -0.15) is 0 Å². The summed E-state index contributed by atoms with van der Waals surface area (Å²) in [7, 11) is 0. The van der Waals surface area contributed by atoms with E-state index in [1.807, 2.05) is 22.3 Å². The minimum absolute atomic E-state index is 0.153. The fourth-order valence-electron chi connectivity index (χ4n) is 5.13. The standard InChI is InChI=1S/C25H27N5OS2/c1-3-20-26-24-22(18-9-8-15(2)12-19(18)33-24)23-27-28-25(30(20)23)32-14-21(31)29-11-10-16-6-4-5-7-17(16)13-29/h4-7,15H,3,8-14H2,1-2H3/t15-/m1/s1. The number of hydrogen-bond acceptors (Lipinski definition) is 6.